The van der Waals surface area contributed by atoms with Crippen molar-refractivity contribution in [1.82, 2.24) is 0 Å². The third kappa shape index (κ3) is 4.70. The highest BCUT2D eigenvalue weighted by atomic mass is 14.1. The van der Waals surface area contributed by atoms with Crippen LogP contribution in [-0.4, -0.2) is 0 Å². The van der Waals surface area contributed by atoms with Gasteiger partial charge in [0.05, 0.1) is 0 Å². The van der Waals surface area contributed by atoms with Crippen LogP contribution < -0.4 is 0 Å². The molecule has 1 aromatic rings. The first-order chi connectivity index (χ1) is 9.45. The molecule has 0 amide bonds. The second kappa shape index (κ2) is 7.69. The van der Waals surface area contributed by atoms with E-state index in [4.69, 9.17) is 0 Å². The minimum Gasteiger partial charge on any atom is -0.0988 e. The summed E-state index contributed by atoms with van der Waals surface area (Å²) in [5, 5.41) is 0. The van der Waals surface area contributed by atoms with Gasteiger partial charge in [0.1, 0.15) is 0 Å². The fraction of sp³-hybridized carbons (Fsp3) is 0.300. The van der Waals surface area contributed by atoms with Gasteiger partial charge >= 0.3 is 0 Å². The molecule has 0 aliphatic heterocycles. The van der Waals surface area contributed by atoms with Crippen molar-refractivity contribution in [2.45, 2.75) is 34.1 Å². The van der Waals surface area contributed by atoms with E-state index in [1.54, 1.807) is 0 Å². The Labute approximate surface area is 124 Å². The smallest absolute Gasteiger partial charge is 0.0150 e. The third-order valence-corrected chi connectivity index (χ3v) is 3.42. The van der Waals surface area contributed by atoms with E-state index in [0.717, 1.165) is 12.0 Å². The number of rotatable bonds is 6. The second-order valence-electron chi connectivity index (χ2n) is 5.66. The molecule has 0 bridgehead atoms. The Balaban J connectivity index is 2.98. The Bertz CT molecular complexity index is 537. The van der Waals surface area contributed by atoms with Crippen molar-refractivity contribution >= 4 is 5.57 Å². The molecule has 1 rings (SSSR count). The summed E-state index contributed by atoms with van der Waals surface area (Å²) in [6, 6.07) is 8.52. The molecule has 0 saturated carbocycles. The van der Waals surface area contributed by atoms with E-state index in [0.29, 0.717) is 5.92 Å². The maximum Gasteiger partial charge on any atom is -0.0150 e. The van der Waals surface area contributed by atoms with Crippen LogP contribution in [0.15, 0.2) is 66.8 Å². The quantitative estimate of drug-likeness (QED) is 0.556. The van der Waals surface area contributed by atoms with Gasteiger partial charge in [-0.3, -0.25) is 0 Å². The van der Waals surface area contributed by atoms with E-state index in [1.165, 1.54) is 22.3 Å². The predicted molar refractivity (Wildman–Crippen MR) is 91.7 cm³/mol. The van der Waals surface area contributed by atoms with Crippen LogP contribution in [0.3, 0.4) is 0 Å². The van der Waals surface area contributed by atoms with E-state index in [1.807, 2.05) is 6.08 Å². The minimum atomic E-state index is 0.448. The maximum absolute atomic E-state index is 4.07. The molecule has 0 fully saturated rings. The SMILES string of the molecule is C=C/C(=C\C=C(C)C)[C@@H](C)Cc1ccccc1C(=C)C. The molecule has 0 radical (unpaired) electrons. The van der Waals surface area contributed by atoms with Gasteiger partial charge in [-0.2, -0.15) is 0 Å². The van der Waals surface area contributed by atoms with Crippen LogP contribution >= 0.6 is 0 Å². The molecule has 0 unspecified atom stereocenters. The van der Waals surface area contributed by atoms with Gasteiger partial charge in [-0.25, -0.2) is 0 Å². The molecule has 0 N–H and O–H groups in total. The highest BCUT2D eigenvalue weighted by Gasteiger charge is 2.10. The highest BCUT2D eigenvalue weighted by molar-refractivity contribution is 5.64. The standard InChI is InChI=1S/C20H26/c1-7-18(13-12-15(2)3)17(6)14-19-10-8-9-11-20(19)16(4)5/h7-13,17H,1,4,14H2,2-3,5-6H3/b18-13+/t17-/m0/s1. The maximum atomic E-state index is 4.07. The van der Waals surface area contributed by atoms with Crippen LogP contribution in [0.25, 0.3) is 5.57 Å². The van der Waals surface area contributed by atoms with Crippen molar-refractivity contribution in [3.8, 4) is 0 Å². The van der Waals surface area contributed by atoms with Crippen molar-refractivity contribution in [3.05, 3.63) is 77.9 Å². The number of benzene rings is 1. The monoisotopic (exact) mass is 266 g/mol. The molecule has 0 heterocycles. The average molecular weight is 266 g/mol. The summed E-state index contributed by atoms with van der Waals surface area (Å²) >= 11 is 0. The summed E-state index contributed by atoms with van der Waals surface area (Å²) in [7, 11) is 0. The van der Waals surface area contributed by atoms with Gasteiger partial charge in [-0.15, -0.1) is 0 Å². The molecular weight excluding hydrogens is 240 g/mol. The van der Waals surface area contributed by atoms with Gasteiger partial charge in [0.2, 0.25) is 0 Å². The van der Waals surface area contributed by atoms with Crippen molar-refractivity contribution < 1.29 is 0 Å². The van der Waals surface area contributed by atoms with Crippen LogP contribution in [0.2, 0.25) is 0 Å². The van der Waals surface area contributed by atoms with Crippen LogP contribution in [0, 0.1) is 5.92 Å². The van der Waals surface area contributed by atoms with Gasteiger partial charge in [0.15, 0.2) is 0 Å². The lowest BCUT2D eigenvalue weighted by molar-refractivity contribution is 0.693. The van der Waals surface area contributed by atoms with E-state index in [2.05, 4.69) is 77.3 Å². The zero-order chi connectivity index (χ0) is 15.1. The topological polar surface area (TPSA) is 0 Å². The van der Waals surface area contributed by atoms with Gasteiger partial charge in [-0.05, 0) is 49.8 Å². The first-order valence-electron chi connectivity index (χ1n) is 7.17. The Morgan fingerprint density at radius 3 is 2.35 bits per heavy atom. The molecule has 1 atom stereocenters. The highest BCUT2D eigenvalue weighted by Crippen LogP contribution is 2.24. The lowest BCUT2D eigenvalue weighted by Gasteiger charge is -2.16. The number of hydrogen-bond acceptors (Lipinski definition) is 0. The largest absolute Gasteiger partial charge is 0.0988 e. The van der Waals surface area contributed by atoms with Crippen LogP contribution in [0.1, 0.15) is 38.8 Å². The molecule has 0 saturated heterocycles. The van der Waals surface area contributed by atoms with E-state index >= 15 is 0 Å². The summed E-state index contributed by atoms with van der Waals surface area (Å²) in [6.07, 6.45) is 7.31. The van der Waals surface area contributed by atoms with Crippen LogP contribution in [-0.2, 0) is 6.42 Å². The molecule has 106 valence electrons. The van der Waals surface area contributed by atoms with Crippen LogP contribution in [0.4, 0.5) is 0 Å². The normalized spacial score (nSPS) is 12.7. The Morgan fingerprint density at radius 1 is 1.15 bits per heavy atom. The van der Waals surface area contributed by atoms with E-state index in [9.17, 15) is 0 Å². The Kier molecular flexibility index (Phi) is 6.24. The summed E-state index contributed by atoms with van der Waals surface area (Å²) in [5.74, 6) is 0.448. The van der Waals surface area contributed by atoms with Crippen molar-refractivity contribution in [2.75, 3.05) is 0 Å². The summed E-state index contributed by atoms with van der Waals surface area (Å²) in [5.41, 5.74) is 6.34. The van der Waals surface area contributed by atoms with Crippen molar-refractivity contribution in [2.24, 2.45) is 5.92 Å². The minimum absolute atomic E-state index is 0.448. The first kappa shape index (κ1) is 16.2. The Morgan fingerprint density at radius 2 is 1.80 bits per heavy atom. The van der Waals surface area contributed by atoms with Gasteiger partial charge in [0.25, 0.3) is 0 Å². The zero-order valence-corrected chi connectivity index (χ0v) is 13.2. The molecule has 20 heavy (non-hydrogen) atoms. The lowest BCUT2D eigenvalue weighted by atomic mass is 9.89. The van der Waals surface area contributed by atoms with E-state index in [-0.39, 0.29) is 0 Å². The predicted octanol–water partition coefficient (Wildman–Crippen LogP) is 5.98. The fourth-order valence-electron chi connectivity index (χ4n) is 2.26. The lowest BCUT2D eigenvalue weighted by Crippen LogP contribution is -2.04. The van der Waals surface area contributed by atoms with Gasteiger partial charge in [0, 0.05) is 0 Å². The average Bonchev–Trinajstić information content (AvgIpc) is 2.39. The molecule has 0 nitrogen and oxygen atoms in total. The van der Waals surface area contributed by atoms with E-state index < -0.39 is 0 Å². The summed E-state index contributed by atoms with van der Waals surface area (Å²) in [6.45, 7) is 16.6. The number of allylic oxidation sites excluding steroid dienone is 6. The second-order valence-corrected chi connectivity index (χ2v) is 5.66. The molecule has 0 aromatic heterocycles. The molecule has 0 spiro atoms. The fourth-order valence-corrected chi connectivity index (χ4v) is 2.26. The number of hydrogen-bond donors (Lipinski definition) is 0. The summed E-state index contributed by atoms with van der Waals surface area (Å²) < 4.78 is 0. The molecule has 0 heteroatoms. The molecular formula is C20H26. The van der Waals surface area contributed by atoms with Crippen molar-refractivity contribution in [3.63, 3.8) is 0 Å². The van der Waals surface area contributed by atoms with Gasteiger partial charge in [-0.1, -0.05) is 73.7 Å². The third-order valence-electron chi connectivity index (χ3n) is 3.42. The summed E-state index contributed by atoms with van der Waals surface area (Å²) in [4.78, 5) is 0. The zero-order valence-electron chi connectivity index (χ0n) is 13.2. The molecule has 1 aromatic carbocycles. The first-order valence-corrected chi connectivity index (χ1v) is 7.17. The molecule has 0 aliphatic carbocycles. The van der Waals surface area contributed by atoms with Gasteiger partial charge < -0.3 is 0 Å². The molecule has 0 aliphatic rings. The Hall–Kier alpha value is -1.82. The van der Waals surface area contributed by atoms with Crippen molar-refractivity contribution in [1.29, 1.82) is 0 Å². The van der Waals surface area contributed by atoms with Crippen LogP contribution in [0.5, 0.6) is 0 Å².